The Kier molecular flexibility index (Phi) is 6.62. The Balaban J connectivity index is 1.25. The van der Waals surface area contributed by atoms with Crippen LogP contribution in [0.2, 0.25) is 0 Å². The van der Waals surface area contributed by atoms with E-state index in [0.717, 1.165) is 35.5 Å². The number of ether oxygens (including phenoxy) is 2. The van der Waals surface area contributed by atoms with Gasteiger partial charge in [-0.15, -0.1) is 0 Å². The molecule has 184 valence electrons. The van der Waals surface area contributed by atoms with Crippen LogP contribution in [-0.4, -0.2) is 31.7 Å². The fraction of sp³-hybridized carbons (Fsp3) is 0.241. The van der Waals surface area contributed by atoms with Gasteiger partial charge in [0.25, 0.3) is 5.91 Å². The summed E-state index contributed by atoms with van der Waals surface area (Å²) < 4.78 is 16.7. The molecule has 1 amide bonds. The van der Waals surface area contributed by atoms with E-state index in [1.54, 1.807) is 26.4 Å². The highest BCUT2D eigenvalue weighted by molar-refractivity contribution is 5.94. The standard InChI is InChI=1S/C29H29N3O4/c1-19-25(18-32-15-14-20-6-4-5-7-26(20)32)31-29(36-19)22-10-8-21(9-11-22)28(33)30-17-23-16-24(34-2)12-13-27(23)35-3/h4-13,16H,14-15,17-18H2,1-3H3,(H,30,33). The first kappa shape index (κ1) is 23.5. The number of methoxy groups -OCH3 is 2. The van der Waals surface area contributed by atoms with Crippen molar-refractivity contribution in [3.63, 3.8) is 0 Å². The number of nitrogens with zero attached hydrogens (tertiary/aromatic N) is 2. The lowest BCUT2D eigenvalue weighted by molar-refractivity contribution is 0.0950. The summed E-state index contributed by atoms with van der Waals surface area (Å²) in [6.07, 6.45) is 1.05. The summed E-state index contributed by atoms with van der Waals surface area (Å²) >= 11 is 0. The average molecular weight is 484 g/mol. The smallest absolute Gasteiger partial charge is 0.251 e. The van der Waals surface area contributed by atoms with Gasteiger partial charge in [-0.3, -0.25) is 4.79 Å². The molecule has 0 saturated carbocycles. The number of nitrogens with one attached hydrogen (secondary N) is 1. The summed E-state index contributed by atoms with van der Waals surface area (Å²) in [5.74, 6) is 2.59. The number of fused-ring (bicyclic) bond motifs is 1. The SMILES string of the molecule is COc1ccc(OC)c(CNC(=O)c2ccc(-c3nc(CN4CCc5ccccc54)c(C)o3)cc2)c1. The molecule has 0 radical (unpaired) electrons. The lowest BCUT2D eigenvalue weighted by Gasteiger charge is -2.17. The van der Waals surface area contributed by atoms with Gasteiger partial charge in [0, 0.05) is 35.5 Å². The molecule has 0 atom stereocenters. The Morgan fingerprint density at radius 1 is 1.06 bits per heavy atom. The Hall–Kier alpha value is -4.26. The third kappa shape index (κ3) is 4.77. The van der Waals surface area contributed by atoms with Crippen LogP contribution in [-0.2, 0) is 19.5 Å². The molecule has 2 heterocycles. The minimum Gasteiger partial charge on any atom is -0.497 e. The number of oxazole rings is 1. The maximum absolute atomic E-state index is 12.7. The largest absolute Gasteiger partial charge is 0.497 e. The van der Waals surface area contributed by atoms with Crippen molar-refractivity contribution >= 4 is 11.6 Å². The molecule has 7 heteroatoms. The van der Waals surface area contributed by atoms with Crippen molar-refractivity contribution in [3.05, 3.63) is 94.9 Å². The molecule has 1 aromatic heterocycles. The van der Waals surface area contributed by atoms with Crippen molar-refractivity contribution in [1.29, 1.82) is 0 Å². The van der Waals surface area contributed by atoms with Gasteiger partial charge >= 0.3 is 0 Å². The zero-order chi connectivity index (χ0) is 25.1. The predicted octanol–water partition coefficient (Wildman–Crippen LogP) is 5.16. The second-order valence-corrected chi connectivity index (χ2v) is 8.76. The monoisotopic (exact) mass is 483 g/mol. The van der Waals surface area contributed by atoms with Crippen LogP contribution in [0.3, 0.4) is 0 Å². The maximum Gasteiger partial charge on any atom is 0.251 e. The number of carbonyl (C=O) groups is 1. The number of hydrogen-bond donors (Lipinski definition) is 1. The molecular formula is C29H29N3O4. The molecule has 7 nitrogen and oxygen atoms in total. The van der Waals surface area contributed by atoms with Crippen molar-refractivity contribution in [3.8, 4) is 23.0 Å². The van der Waals surface area contributed by atoms with Crippen LogP contribution >= 0.6 is 0 Å². The molecule has 1 aliphatic heterocycles. The Morgan fingerprint density at radius 2 is 1.86 bits per heavy atom. The number of anilines is 1. The zero-order valence-corrected chi connectivity index (χ0v) is 20.7. The highest BCUT2D eigenvalue weighted by Gasteiger charge is 2.21. The van der Waals surface area contributed by atoms with Crippen molar-refractivity contribution in [2.24, 2.45) is 0 Å². The molecule has 0 unspecified atom stereocenters. The summed E-state index contributed by atoms with van der Waals surface area (Å²) in [6, 6.07) is 21.3. The molecule has 0 spiro atoms. The first-order valence-electron chi connectivity index (χ1n) is 11.9. The lowest BCUT2D eigenvalue weighted by atomic mass is 10.1. The lowest BCUT2D eigenvalue weighted by Crippen LogP contribution is -2.23. The molecule has 5 rings (SSSR count). The molecule has 1 N–H and O–H groups in total. The first-order valence-corrected chi connectivity index (χ1v) is 11.9. The molecule has 3 aromatic carbocycles. The fourth-order valence-corrected chi connectivity index (χ4v) is 4.51. The van der Waals surface area contributed by atoms with Crippen LogP contribution in [0.4, 0.5) is 5.69 Å². The van der Waals surface area contributed by atoms with Gasteiger partial charge in [0.05, 0.1) is 20.8 Å². The van der Waals surface area contributed by atoms with E-state index in [4.69, 9.17) is 18.9 Å². The summed E-state index contributed by atoms with van der Waals surface area (Å²) in [7, 11) is 3.21. The van der Waals surface area contributed by atoms with Crippen molar-refractivity contribution in [2.75, 3.05) is 25.7 Å². The molecular weight excluding hydrogens is 454 g/mol. The molecule has 0 fully saturated rings. The third-order valence-corrected chi connectivity index (χ3v) is 6.54. The van der Waals surface area contributed by atoms with E-state index in [1.165, 1.54) is 11.3 Å². The molecule has 0 aliphatic carbocycles. The normalized spacial score (nSPS) is 12.4. The van der Waals surface area contributed by atoms with Crippen molar-refractivity contribution < 1.29 is 18.7 Å². The van der Waals surface area contributed by atoms with Gasteiger partial charge in [0.1, 0.15) is 23.0 Å². The number of benzene rings is 3. The summed E-state index contributed by atoms with van der Waals surface area (Å²) in [6.45, 7) is 3.96. The highest BCUT2D eigenvalue weighted by atomic mass is 16.5. The Morgan fingerprint density at radius 3 is 2.64 bits per heavy atom. The Bertz CT molecular complexity index is 1380. The summed E-state index contributed by atoms with van der Waals surface area (Å²) in [5, 5.41) is 2.94. The van der Waals surface area contributed by atoms with E-state index in [-0.39, 0.29) is 5.91 Å². The van der Waals surface area contributed by atoms with Crippen LogP contribution in [0.5, 0.6) is 11.5 Å². The Labute approximate surface area is 210 Å². The second-order valence-electron chi connectivity index (χ2n) is 8.76. The van der Waals surface area contributed by atoms with E-state index in [2.05, 4.69) is 34.5 Å². The molecule has 0 bridgehead atoms. The summed E-state index contributed by atoms with van der Waals surface area (Å²) in [4.78, 5) is 19.9. The molecule has 4 aromatic rings. The predicted molar refractivity (Wildman–Crippen MR) is 139 cm³/mol. The number of aromatic nitrogens is 1. The number of para-hydroxylation sites is 1. The maximum atomic E-state index is 12.7. The van der Waals surface area contributed by atoms with Gasteiger partial charge in [-0.05, 0) is 67.4 Å². The number of amides is 1. The third-order valence-electron chi connectivity index (χ3n) is 6.54. The molecule has 36 heavy (non-hydrogen) atoms. The van der Waals surface area contributed by atoms with E-state index in [0.29, 0.717) is 36.0 Å². The van der Waals surface area contributed by atoms with E-state index >= 15 is 0 Å². The van der Waals surface area contributed by atoms with Gasteiger partial charge in [-0.25, -0.2) is 4.98 Å². The highest BCUT2D eigenvalue weighted by Crippen LogP contribution is 2.30. The molecule has 0 saturated heterocycles. The fourth-order valence-electron chi connectivity index (χ4n) is 4.51. The van der Waals surface area contributed by atoms with Gasteiger partial charge in [-0.2, -0.15) is 0 Å². The minimum absolute atomic E-state index is 0.177. The quantitative estimate of drug-likeness (QED) is 0.373. The van der Waals surface area contributed by atoms with E-state index < -0.39 is 0 Å². The van der Waals surface area contributed by atoms with Crippen LogP contribution in [0.25, 0.3) is 11.5 Å². The minimum atomic E-state index is -0.177. The second kappa shape index (κ2) is 10.2. The van der Waals surface area contributed by atoms with Crippen LogP contribution in [0.15, 0.2) is 71.1 Å². The van der Waals surface area contributed by atoms with Gasteiger partial charge in [0.15, 0.2) is 0 Å². The van der Waals surface area contributed by atoms with Crippen LogP contribution in [0, 0.1) is 6.92 Å². The topological polar surface area (TPSA) is 76.8 Å². The van der Waals surface area contributed by atoms with E-state index in [9.17, 15) is 4.79 Å². The van der Waals surface area contributed by atoms with Gasteiger partial charge in [0.2, 0.25) is 5.89 Å². The van der Waals surface area contributed by atoms with Crippen molar-refractivity contribution in [1.82, 2.24) is 10.3 Å². The van der Waals surface area contributed by atoms with Crippen LogP contribution < -0.4 is 19.7 Å². The van der Waals surface area contributed by atoms with Gasteiger partial charge in [-0.1, -0.05) is 18.2 Å². The van der Waals surface area contributed by atoms with Gasteiger partial charge < -0.3 is 24.1 Å². The number of carbonyl (C=O) groups excluding carboxylic acids is 1. The number of rotatable bonds is 8. The molecule has 1 aliphatic rings. The zero-order valence-electron chi connectivity index (χ0n) is 20.7. The van der Waals surface area contributed by atoms with Crippen molar-refractivity contribution in [2.45, 2.75) is 26.4 Å². The summed E-state index contributed by atoms with van der Waals surface area (Å²) in [5.41, 5.74) is 5.79. The average Bonchev–Trinajstić information content (AvgIpc) is 3.50. The first-order chi connectivity index (χ1) is 17.6. The number of hydrogen-bond acceptors (Lipinski definition) is 6. The van der Waals surface area contributed by atoms with Crippen LogP contribution in [0.1, 0.15) is 32.9 Å². The van der Waals surface area contributed by atoms with E-state index in [1.807, 2.05) is 37.3 Å². The number of aryl methyl sites for hydroxylation is 1.